The predicted octanol–water partition coefficient (Wildman–Crippen LogP) is 3.33. The number of piperidine rings is 1. The molecule has 3 rings (SSSR count). The molecule has 1 saturated heterocycles. The smallest absolute Gasteiger partial charge is 0.243 e. The summed E-state index contributed by atoms with van der Waals surface area (Å²) in [6.07, 6.45) is 2.89. The highest BCUT2D eigenvalue weighted by Crippen LogP contribution is 2.28. The summed E-state index contributed by atoms with van der Waals surface area (Å²) in [6.45, 7) is 3.98. The maximum Gasteiger partial charge on any atom is 0.243 e. The van der Waals surface area contributed by atoms with Crippen LogP contribution in [0.5, 0.6) is 0 Å². The van der Waals surface area contributed by atoms with Crippen LogP contribution in [0.25, 0.3) is 11.3 Å². The highest BCUT2D eigenvalue weighted by atomic mass is 32.2. The highest BCUT2D eigenvalue weighted by Gasteiger charge is 2.30. The highest BCUT2D eigenvalue weighted by molar-refractivity contribution is 7.89. The van der Waals surface area contributed by atoms with Crippen molar-refractivity contribution in [3.05, 3.63) is 29.6 Å². The lowest BCUT2D eigenvalue weighted by Gasteiger charge is -2.32. The summed E-state index contributed by atoms with van der Waals surface area (Å²) in [5.41, 5.74) is 1.53. The Morgan fingerprint density at radius 3 is 2.64 bits per heavy atom. The zero-order valence-electron chi connectivity index (χ0n) is 14.2. The molecule has 25 heavy (non-hydrogen) atoms. The van der Waals surface area contributed by atoms with Gasteiger partial charge in [-0.25, -0.2) is 13.4 Å². The van der Waals surface area contributed by atoms with Crippen molar-refractivity contribution in [1.82, 2.24) is 9.29 Å². The predicted molar refractivity (Wildman–Crippen MR) is 99.1 cm³/mol. The van der Waals surface area contributed by atoms with E-state index in [0.29, 0.717) is 22.3 Å². The number of nitrogens with one attached hydrogen (secondary N) is 1. The second-order valence-corrected chi connectivity index (χ2v) is 8.95. The molecule has 8 heteroatoms. The van der Waals surface area contributed by atoms with Crippen molar-refractivity contribution in [2.45, 2.75) is 44.0 Å². The van der Waals surface area contributed by atoms with Crippen LogP contribution < -0.4 is 5.32 Å². The molecule has 1 N–H and O–H groups in total. The van der Waals surface area contributed by atoms with Gasteiger partial charge in [0, 0.05) is 30.5 Å². The molecule has 0 radical (unpaired) electrons. The minimum Gasteiger partial charge on any atom is -0.302 e. The molecule has 1 aromatic heterocycles. The standard InChI is InChI=1S/C17H21N3O3S2/c1-12-5-3-4-10-20(12)25(22,23)15-8-6-14(7-9-15)16-11-24-17(19-16)18-13(2)21/h6-9,11-12H,3-5,10H2,1-2H3,(H,18,19,21). The van der Waals surface area contributed by atoms with Crippen LogP contribution in [0.4, 0.5) is 5.13 Å². The largest absolute Gasteiger partial charge is 0.302 e. The molecule has 2 aromatic rings. The summed E-state index contributed by atoms with van der Waals surface area (Å²) in [4.78, 5) is 15.7. The third-order valence-corrected chi connectivity index (χ3v) is 7.07. The number of anilines is 1. The molecule has 2 heterocycles. The number of amides is 1. The van der Waals surface area contributed by atoms with Crippen LogP contribution in [0, 0.1) is 0 Å². The van der Waals surface area contributed by atoms with Crippen molar-refractivity contribution in [3.8, 4) is 11.3 Å². The van der Waals surface area contributed by atoms with Gasteiger partial charge < -0.3 is 5.32 Å². The SMILES string of the molecule is CC(=O)Nc1nc(-c2ccc(S(=O)(=O)N3CCCCC3C)cc2)cs1. The number of nitrogens with zero attached hydrogens (tertiary/aromatic N) is 2. The molecule has 1 fully saturated rings. The molecule has 1 aromatic carbocycles. The maximum atomic E-state index is 12.8. The Morgan fingerprint density at radius 1 is 1.28 bits per heavy atom. The van der Waals surface area contributed by atoms with Crippen molar-refractivity contribution in [1.29, 1.82) is 0 Å². The number of hydrogen-bond donors (Lipinski definition) is 1. The summed E-state index contributed by atoms with van der Waals surface area (Å²) < 4.78 is 27.3. The molecule has 134 valence electrons. The lowest BCUT2D eigenvalue weighted by molar-refractivity contribution is -0.114. The fourth-order valence-electron chi connectivity index (χ4n) is 2.98. The van der Waals surface area contributed by atoms with Crippen molar-refractivity contribution in [2.75, 3.05) is 11.9 Å². The third kappa shape index (κ3) is 3.91. The van der Waals surface area contributed by atoms with Crippen LogP contribution in [0.1, 0.15) is 33.1 Å². The van der Waals surface area contributed by atoms with Gasteiger partial charge in [0.05, 0.1) is 10.6 Å². The van der Waals surface area contributed by atoms with E-state index in [-0.39, 0.29) is 11.9 Å². The Hall–Kier alpha value is -1.77. The average molecular weight is 380 g/mol. The monoisotopic (exact) mass is 379 g/mol. The topological polar surface area (TPSA) is 79.4 Å². The Labute approximate surface area is 151 Å². The first kappa shape index (κ1) is 18.0. The second kappa shape index (κ2) is 7.23. The van der Waals surface area contributed by atoms with E-state index in [1.807, 2.05) is 12.3 Å². The van der Waals surface area contributed by atoms with Crippen molar-refractivity contribution < 1.29 is 13.2 Å². The molecule has 1 aliphatic rings. The third-order valence-electron chi connectivity index (χ3n) is 4.29. The molecule has 6 nitrogen and oxygen atoms in total. The van der Waals surface area contributed by atoms with Crippen LogP contribution in [-0.4, -0.2) is 36.2 Å². The van der Waals surface area contributed by atoms with E-state index < -0.39 is 10.0 Å². The van der Waals surface area contributed by atoms with Crippen LogP contribution >= 0.6 is 11.3 Å². The van der Waals surface area contributed by atoms with E-state index >= 15 is 0 Å². The molecule has 0 spiro atoms. The Kier molecular flexibility index (Phi) is 5.21. The van der Waals surface area contributed by atoms with Gasteiger partial charge in [0.25, 0.3) is 0 Å². The first-order chi connectivity index (χ1) is 11.9. The lowest BCUT2D eigenvalue weighted by Crippen LogP contribution is -2.41. The molecule has 0 bridgehead atoms. The van der Waals surface area contributed by atoms with Gasteiger partial charge in [-0.3, -0.25) is 4.79 Å². The molecule has 0 aliphatic carbocycles. The quantitative estimate of drug-likeness (QED) is 0.884. The van der Waals surface area contributed by atoms with Gasteiger partial charge in [-0.05, 0) is 31.9 Å². The van der Waals surface area contributed by atoms with Crippen molar-refractivity contribution in [2.24, 2.45) is 0 Å². The van der Waals surface area contributed by atoms with Crippen LogP contribution in [-0.2, 0) is 14.8 Å². The summed E-state index contributed by atoms with van der Waals surface area (Å²) in [5, 5.41) is 5.01. The number of rotatable bonds is 4. The second-order valence-electron chi connectivity index (χ2n) is 6.20. The maximum absolute atomic E-state index is 12.8. The van der Waals surface area contributed by atoms with E-state index in [9.17, 15) is 13.2 Å². The van der Waals surface area contributed by atoms with Gasteiger partial charge in [0.15, 0.2) is 5.13 Å². The number of benzene rings is 1. The number of hydrogen-bond acceptors (Lipinski definition) is 5. The summed E-state index contributed by atoms with van der Waals surface area (Å²) >= 11 is 1.34. The van der Waals surface area contributed by atoms with Crippen molar-refractivity contribution >= 4 is 32.4 Å². The fraction of sp³-hybridized carbons (Fsp3) is 0.412. The van der Waals surface area contributed by atoms with Crippen molar-refractivity contribution in [3.63, 3.8) is 0 Å². The normalized spacial score (nSPS) is 18.9. The Balaban J connectivity index is 1.82. The van der Waals surface area contributed by atoms with E-state index in [0.717, 1.165) is 24.8 Å². The minimum absolute atomic E-state index is 0.0391. The van der Waals surface area contributed by atoms with Gasteiger partial charge in [-0.15, -0.1) is 11.3 Å². The van der Waals surface area contributed by atoms with E-state index in [4.69, 9.17) is 0 Å². The van der Waals surface area contributed by atoms with E-state index in [2.05, 4.69) is 10.3 Å². The molecule has 1 amide bonds. The van der Waals surface area contributed by atoms with Gasteiger partial charge in [-0.2, -0.15) is 4.31 Å². The van der Waals surface area contributed by atoms with E-state index in [1.54, 1.807) is 28.6 Å². The Bertz CT molecular complexity index is 860. The molecular formula is C17H21N3O3S2. The summed E-state index contributed by atoms with van der Waals surface area (Å²) in [7, 11) is -3.46. The van der Waals surface area contributed by atoms with E-state index in [1.165, 1.54) is 18.3 Å². The first-order valence-electron chi connectivity index (χ1n) is 8.23. The summed E-state index contributed by atoms with van der Waals surface area (Å²) in [5.74, 6) is -0.169. The van der Waals surface area contributed by atoms with Crippen LogP contribution in [0.2, 0.25) is 0 Å². The molecule has 1 aliphatic heterocycles. The van der Waals surface area contributed by atoms with Gasteiger partial charge >= 0.3 is 0 Å². The molecule has 0 saturated carbocycles. The van der Waals surface area contributed by atoms with Gasteiger partial charge in [0.2, 0.25) is 15.9 Å². The van der Waals surface area contributed by atoms with Gasteiger partial charge in [-0.1, -0.05) is 18.6 Å². The fourth-order valence-corrected chi connectivity index (χ4v) is 5.44. The molecular weight excluding hydrogens is 358 g/mol. The Morgan fingerprint density at radius 2 is 2.00 bits per heavy atom. The zero-order chi connectivity index (χ0) is 18.0. The number of carbonyl (C=O) groups excluding carboxylic acids is 1. The van der Waals surface area contributed by atoms with Crippen LogP contribution in [0.3, 0.4) is 0 Å². The summed E-state index contributed by atoms with van der Waals surface area (Å²) in [6, 6.07) is 6.81. The molecule has 1 unspecified atom stereocenters. The minimum atomic E-state index is -3.46. The van der Waals surface area contributed by atoms with Gasteiger partial charge in [0.1, 0.15) is 0 Å². The number of sulfonamides is 1. The van der Waals surface area contributed by atoms with Crippen LogP contribution in [0.15, 0.2) is 34.5 Å². The first-order valence-corrected chi connectivity index (χ1v) is 10.6. The number of thiazole rings is 1. The zero-order valence-corrected chi connectivity index (χ0v) is 15.9. The number of aromatic nitrogens is 1. The average Bonchev–Trinajstić information content (AvgIpc) is 3.03. The lowest BCUT2D eigenvalue weighted by atomic mass is 10.1. The molecule has 1 atom stereocenters. The number of carbonyl (C=O) groups is 1.